The number of nitrogens with zero attached hydrogens (tertiary/aromatic N) is 4. The van der Waals surface area contributed by atoms with Crippen molar-refractivity contribution in [1.82, 2.24) is 10.3 Å². The highest BCUT2D eigenvalue weighted by Gasteiger charge is 2.22. The Morgan fingerprint density at radius 2 is 1.41 bits per heavy atom. The van der Waals surface area contributed by atoms with Gasteiger partial charge in [0.1, 0.15) is 19.3 Å². The van der Waals surface area contributed by atoms with Gasteiger partial charge in [0.15, 0.2) is 5.52 Å². The highest BCUT2D eigenvalue weighted by Crippen LogP contribution is 2.38. The number of phosphoric acid groups is 1. The van der Waals surface area contributed by atoms with E-state index in [1.807, 2.05) is 21.1 Å². The molecule has 0 saturated carbocycles. The van der Waals surface area contributed by atoms with Crippen LogP contribution in [-0.2, 0) is 32.7 Å². The molecule has 1 N–H and O–H groups in total. The van der Waals surface area contributed by atoms with Gasteiger partial charge in [-0.2, -0.15) is 0 Å². The minimum atomic E-state index is -4.66. The number of esters is 2. The molecule has 0 fully saturated rings. The Labute approximate surface area is 320 Å². The molecule has 1 aromatic heterocycles. The van der Waals surface area contributed by atoms with E-state index in [-0.39, 0.29) is 48.7 Å². The number of hydrogen-bond acceptors (Lipinski definition) is 14. The first kappa shape index (κ1) is 47.0. The van der Waals surface area contributed by atoms with Gasteiger partial charge in [0, 0.05) is 31.9 Å². The standard InChI is InChI=1S/C37H64N5O11P/c1-5-6-7-8-9-10-11-12-13-14-15-16-18-21-34(43)49-28-25-31(30-51-54(47,48)50-29-27-42(2,3)4)52-35(44)22-19-17-20-26-38-32-23-24-33(41(45)46)37-36(32)39-53-40-37/h23-24,31H,5-22,25-30H2,1-4H3,(H-,38,40,47,48)/t31-/m1/s1. The number of non-ortho nitro benzene ring substituents is 1. The van der Waals surface area contributed by atoms with Crippen LogP contribution in [0.2, 0.25) is 0 Å². The van der Waals surface area contributed by atoms with Crippen molar-refractivity contribution in [2.75, 3.05) is 59.4 Å². The molecule has 0 radical (unpaired) electrons. The van der Waals surface area contributed by atoms with E-state index in [1.54, 1.807) is 0 Å². The predicted octanol–water partition coefficient (Wildman–Crippen LogP) is 7.64. The highest BCUT2D eigenvalue weighted by molar-refractivity contribution is 7.45. The van der Waals surface area contributed by atoms with Gasteiger partial charge in [0.2, 0.25) is 5.52 Å². The number of nitro benzene ring substituents is 1. The van der Waals surface area contributed by atoms with Crippen LogP contribution in [0.25, 0.3) is 11.0 Å². The zero-order valence-electron chi connectivity index (χ0n) is 32.9. The number of rotatable bonds is 33. The highest BCUT2D eigenvalue weighted by atomic mass is 31.2. The van der Waals surface area contributed by atoms with Gasteiger partial charge in [0.05, 0.1) is 45.0 Å². The molecular formula is C37H64N5O11P. The van der Waals surface area contributed by atoms with Crippen LogP contribution in [0.3, 0.4) is 0 Å². The third-order valence-electron chi connectivity index (χ3n) is 8.88. The monoisotopic (exact) mass is 785 g/mol. The molecule has 16 nitrogen and oxygen atoms in total. The van der Waals surface area contributed by atoms with Crippen LogP contribution >= 0.6 is 7.82 Å². The quantitative estimate of drug-likeness (QED) is 0.0184. The minimum Gasteiger partial charge on any atom is -0.756 e. The van der Waals surface area contributed by atoms with E-state index in [4.69, 9.17) is 18.5 Å². The molecule has 0 spiro atoms. The number of phosphoric ester groups is 1. The molecule has 0 bridgehead atoms. The van der Waals surface area contributed by atoms with Crippen molar-refractivity contribution in [2.45, 2.75) is 135 Å². The van der Waals surface area contributed by atoms with Crippen LogP contribution in [0.1, 0.15) is 129 Å². The van der Waals surface area contributed by atoms with Crippen LogP contribution in [0.5, 0.6) is 0 Å². The lowest BCUT2D eigenvalue weighted by Crippen LogP contribution is -2.37. The first-order valence-corrected chi connectivity index (χ1v) is 21.2. The Kier molecular flexibility index (Phi) is 23.1. The van der Waals surface area contributed by atoms with E-state index in [9.17, 15) is 29.2 Å². The van der Waals surface area contributed by atoms with Crippen LogP contribution in [0.15, 0.2) is 16.8 Å². The van der Waals surface area contributed by atoms with Crippen molar-refractivity contribution in [1.29, 1.82) is 0 Å². The van der Waals surface area contributed by atoms with Gasteiger partial charge in [-0.25, -0.2) is 4.63 Å². The molecule has 0 aliphatic heterocycles. The number of benzene rings is 1. The molecule has 0 saturated heterocycles. The molecule has 2 rings (SSSR count). The SMILES string of the molecule is CCCCCCCCCCCCCCCC(=O)OCC[C@H](COP(=O)([O-])OCC[N+](C)(C)C)OC(=O)CCCCCNc1ccc([N+](=O)[O-])c2nonc12. The van der Waals surface area contributed by atoms with Crippen molar-refractivity contribution < 1.29 is 51.6 Å². The average molecular weight is 786 g/mol. The number of hydrogen-bond donors (Lipinski definition) is 1. The number of likely N-dealkylation sites (N-methyl/N-ethyl adjacent to an activating group) is 1. The van der Waals surface area contributed by atoms with Crippen LogP contribution in [-0.4, -0.2) is 91.8 Å². The van der Waals surface area contributed by atoms with Crippen molar-refractivity contribution >= 4 is 42.2 Å². The second-order valence-corrected chi connectivity index (χ2v) is 16.2. The van der Waals surface area contributed by atoms with E-state index in [1.165, 1.54) is 76.3 Å². The number of aromatic nitrogens is 2. The number of anilines is 1. The number of carbonyl (C=O) groups is 2. The fourth-order valence-electron chi connectivity index (χ4n) is 5.66. The number of carbonyl (C=O) groups excluding carboxylic acids is 2. The molecule has 17 heteroatoms. The molecule has 308 valence electrons. The summed E-state index contributed by atoms with van der Waals surface area (Å²) in [6, 6.07) is 2.87. The lowest BCUT2D eigenvalue weighted by Gasteiger charge is -2.28. The lowest BCUT2D eigenvalue weighted by molar-refractivity contribution is -0.870. The lowest BCUT2D eigenvalue weighted by atomic mass is 10.0. The van der Waals surface area contributed by atoms with E-state index in [2.05, 4.69) is 27.2 Å². The van der Waals surface area contributed by atoms with Crippen LogP contribution in [0.4, 0.5) is 11.4 Å². The maximum atomic E-state index is 12.7. The molecule has 54 heavy (non-hydrogen) atoms. The first-order chi connectivity index (χ1) is 25.8. The number of quaternary nitrogens is 1. The van der Waals surface area contributed by atoms with Gasteiger partial charge in [-0.05, 0) is 35.6 Å². The Bertz CT molecular complexity index is 1420. The first-order valence-electron chi connectivity index (χ1n) is 19.7. The summed E-state index contributed by atoms with van der Waals surface area (Å²) in [6.45, 7) is 2.60. The minimum absolute atomic E-state index is 0.0489. The molecule has 1 unspecified atom stereocenters. The summed E-state index contributed by atoms with van der Waals surface area (Å²) in [6.07, 6.45) is 17.1. The van der Waals surface area contributed by atoms with E-state index >= 15 is 0 Å². The zero-order chi connectivity index (χ0) is 39.7. The molecular weight excluding hydrogens is 721 g/mol. The molecule has 1 aromatic carbocycles. The second kappa shape index (κ2) is 26.6. The van der Waals surface area contributed by atoms with Gasteiger partial charge >= 0.3 is 17.6 Å². The summed E-state index contributed by atoms with van der Waals surface area (Å²) in [5.74, 6) is -0.877. The Morgan fingerprint density at radius 3 is 2.02 bits per heavy atom. The summed E-state index contributed by atoms with van der Waals surface area (Å²) in [5.41, 5.74) is 0.654. The van der Waals surface area contributed by atoms with Gasteiger partial charge in [-0.3, -0.25) is 24.3 Å². The smallest absolute Gasteiger partial charge is 0.306 e. The van der Waals surface area contributed by atoms with E-state index in [0.717, 1.165) is 19.3 Å². The Morgan fingerprint density at radius 1 is 0.833 bits per heavy atom. The van der Waals surface area contributed by atoms with Gasteiger partial charge in [-0.15, -0.1) is 0 Å². The predicted molar refractivity (Wildman–Crippen MR) is 204 cm³/mol. The van der Waals surface area contributed by atoms with Gasteiger partial charge < -0.3 is 33.2 Å². The molecule has 1 heterocycles. The second-order valence-electron chi connectivity index (χ2n) is 14.8. The third-order valence-corrected chi connectivity index (χ3v) is 9.84. The van der Waals surface area contributed by atoms with E-state index < -0.39 is 31.4 Å². The number of nitro groups is 1. The summed E-state index contributed by atoms with van der Waals surface area (Å²) < 4.78 is 38.5. The fraction of sp³-hybridized carbons (Fsp3) is 0.784. The fourth-order valence-corrected chi connectivity index (χ4v) is 6.39. The zero-order valence-corrected chi connectivity index (χ0v) is 33.8. The normalized spacial score (nSPS) is 13.4. The third kappa shape index (κ3) is 21.7. The molecule has 2 aromatic rings. The van der Waals surface area contributed by atoms with Gasteiger partial charge in [-0.1, -0.05) is 90.4 Å². The Hall–Kier alpha value is -3.17. The summed E-state index contributed by atoms with van der Waals surface area (Å²) in [4.78, 5) is 48.1. The maximum Gasteiger partial charge on any atom is 0.306 e. The topological polar surface area (TPSA) is 205 Å². The largest absolute Gasteiger partial charge is 0.756 e. The number of fused-ring (bicyclic) bond motifs is 1. The molecule has 0 amide bonds. The molecule has 2 atom stereocenters. The molecule has 0 aliphatic carbocycles. The number of ether oxygens (including phenoxy) is 2. The van der Waals surface area contributed by atoms with Crippen LogP contribution < -0.4 is 10.2 Å². The summed E-state index contributed by atoms with van der Waals surface area (Å²) in [5, 5.41) is 21.7. The number of nitrogens with one attached hydrogen (secondary N) is 1. The van der Waals surface area contributed by atoms with E-state index in [0.29, 0.717) is 48.9 Å². The Balaban J connectivity index is 1.70. The molecule has 0 aliphatic rings. The van der Waals surface area contributed by atoms with Crippen LogP contribution in [0, 0.1) is 10.1 Å². The van der Waals surface area contributed by atoms with Gasteiger partial charge in [0.25, 0.3) is 7.82 Å². The summed E-state index contributed by atoms with van der Waals surface area (Å²) in [7, 11) is 1.05. The number of unbranched alkanes of at least 4 members (excludes halogenated alkanes) is 14. The van der Waals surface area contributed by atoms with Crippen molar-refractivity contribution in [3.8, 4) is 0 Å². The van der Waals surface area contributed by atoms with Crippen molar-refractivity contribution in [3.05, 3.63) is 22.2 Å². The maximum absolute atomic E-state index is 12.7. The summed E-state index contributed by atoms with van der Waals surface area (Å²) >= 11 is 0. The van der Waals surface area contributed by atoms with Crippen molar-refractivity contribution in [3.63, 3.8) is 0 Å². The van der Waals surface area contributed by atoms with Crippen molar-refractivity contribution in [2.24, 2.45) is 0 Å². The average Bonchev–Trinajstić information content (AvgIpc) is 3.60.